The maximum atomic E-state index is 13.0. The highest BCUT2D eigenvalue weighted by Gasteiger charge is 2.08. The van der Waals surface area contributed by atoms with Gasteiger partial charge in [0.2, 0.25) is 0 Å². The molecule has 1 aromatic carbocycles. The molecule has 0 unspecified atom stereocenters. The summed E-state index contributed by atoms with van der Waals surface area (Å²) in [6, 6.07) is 4.51. The molecule has 0 radical (unpaired) electrons. The van der Waals surface area contributed by atoms with Gasteiger partial charge in [0.1, 0.15) is 5.82 Å². The first-order valence-electron chi connectivity index (χ1n) is 4.00. The number of benzene rings is 1. The number of rotatable bonds is 2. The van der Waals surface area contributed by atoms with Gasteiger partial charge in [-0.3, -0.25) is 4.79 Å². The molecule has 0 aliphatic rings. The van der Waals surface area contributed by atoms with Crippen LogP contribution in [-0.4, -0.2) is 19.9 Å². The number of carbonyl (C=O) groups is 1. The van der Waals surface area contributed by atoms with E-state index in [0.717, 1.165) is 5.69 Å². The molecule has 0 aliphatic carbocycles. The summed E-state index contributed by atoms with van der Waals surface area (Å²) in [6.07, 6.45) is 0. The third kappa shape index (κ3) is 2.05. The predicted octanol–water partition coefficient (Wildman–Crippen LogP) is 2.09. The normalized spacial score (nSPS) is 9.85. The van der Waals surface area contributed by atoms with E-state index in [1.54, 1.807) is 12.1 Å². The van der Waals surface area contributed by atoms with Gasteiger partial charge in [-0.15, -0.1) is 0 Å². The number of halogens is 1. The van der Waals surface area contributed by atoms with Crippen LogP contribution in [0, 0.1) is 5.82 Å². The van der Waals surface area contributed by atoms with Crippen molar-refractivity contribution in [3.8, 4) is 0 Å². The van der Waals surface area contributed by atoms with Crippen LogP contribution in [0.2, 0.25) is 0 Å². The van der Waals surface area contributed by atoms with E-state index in [4.69, 9.17) is 0 Å². The summed E-state index contributed by atoms with van der Waals surface area (Å²) in [7, 11) is 3.69. The van der Waals surface area contributed by atoms with Crippen LogP contribution in [0.1, 0.15) is 17.3 Å². The molecule has 0 aromatic heterocycles. The monoisotopic (exact) mass is 181 g/mol. The molecule has 70 valence electrons. The second kappa shape index (κ2) is 3.56. The van der Waals surface area contributed by atoms with E-state index in [9.17, 15) is 9.18 Å². The SMILES string of the molecule is CC(=O)c1cc(N(C)C)ccc1F. The van der Waals surface area contributed by atoms with Gasteiger partial charge in [0, 0.05) is 19.8 Å². The fourth-order valence-electron chi connectivity index (χ4n) is 1.06. The van der Waals surface area contributed by atoms with Crippen LogP contribution in [0.15, 0.2) is 18.2 Å². The molecular formula is C10H12FNO. The van der Waals surface area contributed by atoms with Crippen molar-refractivity contribution >= 4 is 11.5 Å². The lowest BCUT2D eigenvalue weighted by atomic mass is 10.1. The molecule has 2 nitrogen and oxygen atoms in total. The van der Waals surface area contributed by atoms with Gasteiger partial charge in [-0.05, 0) is 25.1 Å². The van der Waals surface area contributed by atoms with E-state index in [1.807, 2.05) is 19.0 Å². The zero-order valence-electron chi connectivity index (χ0n) is 7.97. The van der Waals surface area contributed by atoms with Crippen LogP contribution >= 0.6 is 0 Å². The minimum Gasteiger partial charge on any atom is -0.378 e. The Hall–Kier alpha value is -1.38. The van der Waals surface area contributed by atoms with E-state index >= 15 is 0 Å². The third-order valence-corrected chi connectivity index (χ3v) is 1.85. The first-order valence-corrected chi connectivity index (χ1v) is 4.00. The summed E-state index contributed by atoms with van der Waals surface area (Å²) in [5, 5.41) is 0. The van der Waals surface area contributed by atoms with Crippen molar-refractivity contribution in [2.45, 2.75) is 6.92 Å². The lowest BCUT2D eigenvalue weighted by Crippen LogP contribution is -2.10. The molecule has 0 saturated heterocycles. The van der Waals surface area contributed by atoms with E-state index in [0.29, 0.717) is 0 Å². The highest BCUT2D eigenvalue weighted by atomic mass is 19.1. The molecule has 0 heterocycles. The van der Waals surface area contributed by atoms with Crippen LogP contribution in [0.5, 0.6) is 0 Å². The first kappa shape index (κ1) is 9.71. The summed E-state index contributed by atoms with van der Waals surface area (Å²) in [4.78, 5) is 12.8. The number of anilines is 1. The average Bonchev–Trinajstić information content (AvgIpc) is 2.04. The zero-order valence-corrected chi connectivity index (χ0v) is 7.97. The molecule has 0 amide bonds. The molecule has 1 rings (SSSR count). The predicted molar refractivity (Wildman–Crippen MR) is 50.7 cm³/mol. The minimum atomic E-state index is -0.460. The van der Waals surface area contributed by atoms with Crippen LogP contribution in [-0.2, 0) is 0 Å². The number of nitrogens with zero attached hydrogens (tertiary/aromatic N) is 1. The summed E-state index contributed by atoms with van der Waals surface area (Å²) in [5.74, 6) is -0.709. The summed E-state index contributed by atoms with van der Waals surface area (Å²) >= 11 is 0. The Kier molecular flexibility index (Phi) is 2.66. The Morgan fingerprint density at radius 2 is 2.00 bits per heavy atom. The van der Waals surface area contributed by atoms with Gasteiger partial charge in [0.05, 0.1) is 5.56 Å². The fraction of sp³-hybridized carbons (Fsp3) is 0.300. The largest absolute Gasteiger partial charge is 0.378 e. The van der Waals surface area contributed by atoms with Gasteiger partial charge < -0.3 is 4.90 Å². The standard InChI is InChI=1S/C10H12FNO/c1-7(13)9-6-8(12(2)3)4-5-10(9)11/h4-6H,1-3H3. The fourth-order valence-corrected chi connectivity index (χ4v) is 1.06. The van der Waals surface area contributed by atoms with Gasteiger partial charge >= 0.3 is 0 Å². The van der Waals surface area contributed by atoms with Crippen molar-refractivity contribution in [3.63, 3.8) is 0 Å². The lowest BCUT2D eigenvalue weighted by molar-refractivity contribution is 0.101. The molecule has 13 heavy (non-hydrogen) atoms. The van der Waals surface area contributed by atoms with Crippen LogP contribution < -0.4 is 4.90 Å². The Balaban J connectivity index is 3.19. The van der Waals surface area contributed by atoms with Crippen molar-refractivity contribution in [1.29, 1.82) is 0 Å². The molecule has 0 aliphatic heterocycles. The minimum absolute atomic E-state index is 0.145. The van der Waals surface area contributed by atoms with E-state index in [-0.39, 0.29) is 11.3 Å². The number of ketones is 1. The molecule has 0 atom stereocenters. The third-order valence-electron chi connectivity index (χ3n) is 1.85. The van der Waals surface area contributed by atoms with Crippen molar-refractivity contribution < 1.29 is 9.18 Å². The Morgan fingerprint density at radius 3 is 2.46 bits per heavy atom. The Morgan fingerprint density at radius 1 is 1.38 bits per heavy atom. The quantitative estimate of drug-likeness (QED) is 0.651. The maximum absolute atomic E-state index is 13.0. The second-order valence-corrected chi connectivity index (χ2v) is 3.11. The van der Waals surface area contributed by atoms with Crippen LogP contribution in [0.25, 0.3) is 0 Å². The van der Waals surface area contributed by atoms with Crippen LogP contribution in [0.3, 0.4) is 0 Å². The van der Waals surface area contributed by atoms with Crippen molar-refractivity contribution in [2.24, 2.45) is 0 Å². The second-order valence-electron chi connectivity index (χ2n) is 3.11. The van der Waals surface area contributed by atoms with E-state index < -0.39 is 5.82 Å². The highest BCUT2D eigenvalue weighted by molar-refractivity contribution is 5.95. The topological polar surface area (TPSA) is 20.3 Å². The van der Waals surface area contributed by atoms with E-state index in [2.05, 4.69) is 0 Å². The average molecular weight is 181 g/mol. The maximum Gasteiger partial charge on any atom is 0.162 e. The number of Topliss-reactive ketones (excluding diaryl/α,β-unsaturated/α-hetero) is 1. The lowest BCUT2D eigenvalue weighted by Gasteiger charge is -2.13. The number of hydrogen-bond acceptors (Lipinski definition) is 2. The molecule has 0 N–H and O–H groups in total. The van der Waals surface area contributed by atoms with Gasteiger partial charge in [-0.2, -0.15) is 0 Å². The Labute approximate surface area is 77.0 Å². The van der Waals surface area contributed by atoms with Crippen LogP contribution in [0.4, 0.5) is 10.1 Å². The molecule has 0 saturated carbocycles. The summed E-state index contributed by atoms with van der Waals surface area (Å²) in [6.45, 7) is 1.36. The number of hydrogen-bond donors (Lipinski definition) is 0. The highest BCUT2D eigenvalue weighted by Crippen LogP contribution is 2.17. The Bertz CT molecular complexity index is 334. The summed E-state index contributed by atoms with van der Waals surface area (Å²) < 4.78 is 13.0. The zero-order chi connectivity index (χ0) is 10.0. The summed E-state index contributed by atoms with van der Waals surface area (Å²) in [5.41, 5.74) is 0.970. The molecule has 0 fully saturated rings. The van der Waals surface area contributed by atoms with E-state index in [1.165, 1.54) is 13.0 Å². The van der Waals surface area contributed by atoms with Gasteiger partial charge in [0.15, 0.2) is 5.78 Å². The van der Waals surface area contributed by atoms with Gasteiger partial charge in [0.25, 0.3) is 0 Å². The number of carbonyl (C=O) groups excluding carboxylic acids is 1. The molecule has 1 aromatic rings. The van der Waals surface area contributed by atoms with Crippen molar-refractivity contribution in [3.05, 3.63) is 29.6 Å². The molecule has 3 heteroatoms. The molecule has 0 bridgehead atoms. The first-order chi connectivity index (χ1) is 6.02. The van der Waals surface area contributed by atoms with Gasteiger partial charge in [-0.1, -0.05) is 0 Å². The van der Waals surface area contributed by atoms with Gasteiger partial charge in [-0.25, -0.2) is 4.39 Å². The van der Waals surface area contributed by atoms with Crippen molar-refractivity contribution in [1.82, 2.24) is 0 Å². The molecule has 0 spiro atoms. The molecular weight excluding hydrogens is 169 g/mol. The smallest absolute Gasteiger partial charge is 0.162 e. The van der Waals surface area contributed by atoms with Crippen molar-refractivity contribution in [2.75, 3.05) is 19.0 Å².